The van der Waals surface area contributed by atoms with Crippen molar-refractivity contribution in [1.29, 1.82) is 0 Å². The van der Waals surface area contributed by atoms with Crippen LogP contribution in [0.3, 0.4) is 0 Å². The van der Waals surface area contributed by atoms with E-state index in [1.165, 1.54) is 14.2 Å². The Kier molecular flexibility index (Phi) is 3.21. The summed E-state index contributed by atoms with van der Waals surface area (Å²) in [5.41, 5.74) is 0. The van der Waals surface area contributed by atoms with Crippen molar-refractivity contribution in [1.82, 2.24) is 0 Å². The first-order valence-electron chi connectivity index (χ1n) is 3.74. The Bertz CT molecular complexity index is 193. The lowest BCUT2D eigenvalue weighted by molar-refractivity contribution is -0.174. The zero-order valence-electron chi connectivity index (χ0n) is 7.34. The van der Waals surface area contributed by atoms with Gasteiger partial charge in [-0.3, -0.25) is 0 Å². The highest BCUT2D eigenvalue weighted by molar-refractivity contribution is 5.75. The fourth-order valence-corrected chi connectivity index (χ4v) is 1.15. The van der Waals surface area contributed by atoms with Crippen LogP contribution in [-0.4, -0.2) is 55.0 Å². The molecule has 0 aliphatic carbocycles. The molecule has 1 heterocycles. The van der Waals surface area contributed by atoms with Crippen LogP contribution in [0.4, 0.5) is 0 Å². The second-order valence-corrected chi connectivity index (χ2v) is 2.67. The molecule has 0 aromatic carbocycles. The average Bonchev–Trinajstić information content (AvgIpc) is 2.43. The Morgan fingerprint density at radius 1 is 1.31 bits per heavy atom. The van der Waals surface area contributed by atoms with E-state index in [0.717, 1.165) is 0 Å². The summed E-state index contributed by atoms with van der Waals surface area (Å²) in [6.45, 7) is 0. The Balaban J connectivity index is 2.65. The molecule has 1 rings (SSSR count). The molecule has 76 valence electrons. The van der Waals surface area contributed by atoms with Crippen molar-refractivity contribution in [3.8, 4) is 0 Å². The van der Waals surface area contributed by atoms with Gasteiger partial charge in [0.05, 0.1) is 7.11 Å². The lowest BCUT2D eigenvalue weighted by atomic mass is 10.1. The Morgan fingerprint density at radius 2 is 1.92 bits per heavy atom. The Morgan fingerprint density at radius 3 is 2.31 bits per heavy atom. The predicted octanol–water partition coefficient (Wildman–Crippen LogP) is -1.75. The van der Waals surface area contributed by atoms with Gasteiger partial charge >= 0.3 is 5.97 Å². The molecule has 4 unspecified atom stereocenters. The van der Waals surface area contributed by atoms with Gasteiger partial charge in [-0.15, -0.1) is 0 Å². The first kappa shape index (κ1) is 10.4. The summed E-state index contributed by atoms with van der Waals surface area (Å²) in [5.74, 6) is -0.730. The van der Waals surface area contributed by atoms with Gasteiger partial charge in [-0.1, -0.05) is 0 Å². The fourth-order valence-electron chi connectivity index (χ4n) is 1.15. The Labute approximate surface area is 75.0 Å². The molecule has 0 saturated carbocycles. The summed E-state index contributed by atoms with van der Waals surface area (Å²) in [6, 6.07) is 0. The smallest absolute Gasteiger partial charge is 0.337 e. The lowest BCUT2D eigenvalue weighted by Crippen LogP contribution is -2.37. The largest absolute Gasteiger partial charge is 0.467 e. The van der Waals surface area contributed by atoms with Crippen molar-refractivity contribution in [2.24, 2.45) is 0 Å². The molecule has 0 spiro atoms. The van der Waals surface area contributed by atoms with E-state index >= 15 is 0 Å². The van der Waals surface area contributed by atoms with E-state index in [-0.39, 0.29) is 0 Å². The van der Waals surface area contributed by atoms with Crippen LogP contribution in [0.1, 0.15) is 0 Å². The first-order valence-corrected chi connectivity index (χ1v) is 3.74. The monoisotopic (exact) mass is 192 g/mol. The second-order valence-electron chi connectivity index (χ2n) is 2.67. The number of hydrogen-bond donors (Lipinski definition) is 2. The summed E-state index contributed by atoms with van der Waals surface area (Å²) >= 11 is 0. The van der Waals surface area contributed by atoms with E-state index in [4.69, 9.17) is 4.74 Å². The minimum absolute atomic E-state index is 0.730. The molecule has 1 aliphatic rings. The summed E-state index contributed by atoms with van der Waals surface area (Å²) in [4.78, 5) is 11.0. The summed E-state index contributed by atoms with van der Waals surface area (Å²) in [7, 11) is 2.48. The van der Waals surface area contributed by atoms with E-state index in [1.54, 1.807) is 0 Å². The number of esters is 1. The minimum atomic E-state index is -1.31. The third-order valence-electron chi connectivity index (χ3n) is 1.89. The molecule has 1 fully saturated rings. The number of carbonyl (C=O) groups excluding carboxylic acids is 1. The molecule has 0 aromatic rings. The summed E-state index contributed by atoms with van der Waals surface area (Å²) in [6.07, 6.45) is -4.70. The normalized spacial score (nSPS) is 39.1. The zero-order chi connectivity index (χ0) is 10.0. The highest BCUT2D eigenvalue weighted by atomic mass is 16.7. The average molecular weight is 192 g/mol. The number of hydrogen-bond acceptors (Lipinski definition) is 6. The standard InChI is InChI=1S/C7H12O6/c1-11-6(10)5-3(8)4(9)7(12-2)13-5/h3-5,7-9H,1-2H3. The SMILES string of the molecule is COC(=O)C1OC(OC)C(O)C1O. The number of rotatable bonds is 2. The van der Waals surface area contributed by atoms with E-state index in [9.17, 15) is 15.0 Å². The van der Waals surface area contributed by atoms with Crippen LogP contribution in [0, 0.1) is 0 Å². The topological polar surface area (TPSA) is 85.2 Å². The van der Waals surface area contributed by atoms with Gasteiger partial charge in [-0.2, -0.15) is 0 Å². The fraction of sp³-hybridized carbons (Fsp3) is 0.857. The van der Waals surface area contributed by atoms with Crippen LogP contribution in [0.25, 0.3) is 0 Å². The molecule has 4 atom stereocenters. The van der Waals surface area contributed by atoms with Gasteiger partial charge in [0.1, 0.15) is 12.2 Å². The third kappa shape index (κ3) is 1.80. The molecule has 2 N–H and O–H groups in total. The maximum Gasteiger partial charge on any atom is 0.337 e. The first-order chi connectivity index (χ1) is 6.11. The summed E-state index contributed by atoms with van der Waals surface area (Å²) < 4.78 is 13.9. The quantitative estimate of drug-likeness (QED) is 0.505. The van der Waals surface area contributed by atoms with E-state index in [2.05, 4.69) is 9.47 Å². The predicted molar refractivity (Wildman–Crippen MR) is 39.7 cm³/mol. The van der Waals surface area contributed by atoms with Crippen LogP contribution >= 0.6 is 0 Å². The molecular weight excluding hydrogens is 180 g/mol. The molecular formula is C7H12O6. The van der Waals surface area contributed by atoms with Crippen molar-refractivity contribution in [2.75, 3.05) is 14.2 Å². The van der Waals surface area contributed by atoms with Crippen LogP contribution in [0.15, 0.2) is 0 Å². The molecule has 0 aromatic heterocycles. The van der Waals surface area contributed by atoms with Crippen molar-refractivity contribution in [3.63, 3.8) is 0 Å². The molecule has 6 nitrogen and oxygen atoms in total. The van der Waals surface area contributed by atoms with Crippen molar-refractivity contribution in [3.05, 3.63) is 0 Å². The molecule has 1 aliphatic heterocycles. The number of carbonyl (C=O) groups is 1. The number of ether oxygens (including phenoxy) is 3. The molecule has 0 radical (unpaired) electrons. The van der Waals surface area contributed by atoms with Crippen molar-refractivity contribution >= 4 is 5.97 Å². The van der Waals surface area contributed by atoms with E-state index < -0.39 is 30.6 Å². The molecule has 1 saturated heterocycles. The van der Waals surface area contributed by atoms with Crippen LogP contribution in [0.5, 0.6) is 0 Å². The van der Waals surface area contributed by atoms with Crippen LogP contribution in [-0.2, 0) is 19.0 Å². The maximum atomic E-state index is 11.0. The number of methoxy groups -OCH3 is 2. The second kappa shape index (κ2) is 4.01. The third-order valence-corrected chi connectivity index (χ3v) is 1.89. The van der Waals surface area contributed by atoms with Crippen molar-refractivity contribution < 1.29 is 29.2 Å². The number of aliphatic hydroxyl groups excluding tert-OH is 2. The van der Waals surface area contributed by atoms with Gasteiger partial charge < -0.3 is 24.4 Å². The van der Waals surface area contributed by atoms with Gasteiger partial charge in [-0.05, 0) is 0 Å². The Hall–Kier alpha value is -0.690. The summed E-state index contributed by atoms with van der Waals surface area (Å²) in [5, 5.41) is 18.6. The van der Waals surface area contributed by atoms with Crippen molar-refractivity contribution in [2.45, 2.75) is 24.6 Å². The maximum absolute atomic E-state index is 11.0. The highest BCUT2D eigenvalue weighted by Crippen LogP contribution is 2.22. The minimum Gasteiger partial charge on any atom is -0.467 e. The van der Waals surface area contributed by atoms with Crippen LogP contribution in [0.2, 0.25) is 0 Å². The zero-order valence-corrected chi connectivity index (χ0v) is 7.34. The molecule has 0 amide bonds. The van der Waals surface area contributed by atoms with Gasteiger partial charge in [0.25, 0.3) is 0 Å². The molecule has 6 heteroatoms. The highest BCUT2D eigenvalue weighted by Gasteiger charge is 2.47. The molecule has 0 bridgehead atoms. The molecule has 13 heavy (non-hydrogen) atoms. The van der Waals surface area contributed by atoms with Gasteiger partial charge in [0, 0.05) is 7.11 Å². The van der Waals surface area contributed by atoms with Gasteiger partial charge in [0.2, 0.25) is 0 Å². The number of aliphatic hydroxyl groups is 2. The van der Waals surface area contributed by atoms with Gasteiger partial charge in [-0.25, -0.2) is 4.79 Å². The van der Waals surface area contributed by atoms with Gasteiger partial charge in [0.15, 0.2) is 12.4 Å². The lowest BCUT2D eigenvalue weighted by Gasteiger charge is -2.11. The van der Waals surface area contributed by atoms with E-state index in [1.807, 2.05) is 0 Å². The van der Waals surface area contributed by atoms with E-state index in [0.29, 0.717) is 0 Å². The van der Waals surface area contributed by atoms with Crippen LogP contribution < -0.4 is 0 Å².